The van der Waals surface area contributed by atoms with Crippen LogP contribution in [0.4, 0.5) is 0 Å². The van der Waals surface area contributed by atoms with E-state index in [2.05, 4.69) is 25.9 Å². The molecule has 0 aromatic heterocycles. The molecule has 0 aliphatic heterocycles. The molecule has 70 valence electrons. The second-order valence-corrected chi connectivity index (χ2v) is 3.13. The van der Waals surface area contributed by atoms with E-state index < -0.39 is 0 Å². The Bertz CT molecular complexity index is 312. The largest absolute Gasteiger partial charge is 0.496 e. The molecule has 0 aliphatic rings. The van der Waals surface area contributed by atoms with Crippen LogP contribution in [0.3, 0.4) is 0 Å². The smallest absolute Gasteiger partial charge is 0.128 e. The maximum absolute atomic E-state index is 5.15. The third-order valence-corrected chi connectivity index (χ3v) is 2.21. The first-order chi connectivity index (χ1) is 6.29. The highest BCUT2D eigenvalue weighted by Crippen LogP contribution is 2.24. The Kier molecular flexibility index (Phi) is 3.76. The number of halogens is 1. The van der Waals surface area contributed by atoms with Crippen molar-refractivity contribution in [2.24, 2.45) is 5.16 Å². The minimum absolute atomic E-state index is 0.759. The number of rotatable bonds is 3. The topological polar surface area (TPSA) is 30.8 Å². The van der Waals surface area contributed by atoms with E-state index in [4.69, 9.17) is 4.74 Å². The van der Waals surface area contributed by atoms with Crippen molar-refractivity contribution in [1.29, 1.82) is 0 Å². The number of hydrogen-bond donors (Lipinski definition) is 0. The lowest BCUT2D eigenvalue weighted by atomic mass is 10.2. The average Bonchev–Trinajstić information content (AvgIpc) is 2.15. The van der Waals surface area contributed by atoms with E-state index >= 15 is 0 Å². The predicted octanol–water partition coefficient (Wildman–Crippen LogP) is 2.44. The second kappa shape index (κ2) is 4.87. The van der Waals surface area contributed by atoms with E-state index in [9.17, 15) is 0 Å². The van der Waals surface area contributed by atoms with Crippen molar-refractivity contribution >= 4 is 22.1 Å². The van der Waals surface area contributed by atoms with Crippen molar-refractivity contribution in [2.75, 3.05) is 14.2 Å². The van der Waals surface area contributed by atoms with Crippen molar-refractivity contribution in [3.05, 3.63) is 28.2 Å². The van der Waals surface area contributed by atoms with Crippen LogP contribution in [-0.2, 0) is 4.84 Å². The summed E-state index contributed by atoms with van der Waals surface area (Å²) in [6.07, 6.45) is 1.60. The molecule has 0 saturated carbocycles. The summed E-state index contributed by atoms with van der Waals surface area (Å²) in [5, 5.41) is 3.68. The molecule has 1 aromatic rings. The molecule has 0 aliphatic carbocycles. The third-order valence-electron chi connectivity index (χ3n) is 1.52. The van der Waals surface area contributed by atoms with Crippen LogP contribution >= 0.6 is 15.9 Å². The van der Waals surface area contributed by atoms with Gasteiger partial charge in [0.1, 0.15) is 12.9 Å². The number of oxime groups is 1. The van der Waals surface area contributed by atoms with Crippen molar-refractivity contribution in [3.8, 4) is 5.75 Å². The first-order valence-corrected chi connectivity index (χ1v) is 4.48. The standard InChI is InChI=1S/C9H10BrNO2/c1-12-9-5-3-4-8(10)7(9)6-11-13-2/h3-6H,1-2H3. The Morgan fingerprint density at radius 1 is 1.38 bits per heavy atom. The fourth-order valence-electron chi connectivity index (χ4n) is 0.926. The highest BCUT2D eigenvalue weighted by molar-refractivity contribution is 9.10. The zero-order chi connectivity index (χ0) is 9.68. The lowest BCUT2D eigenvalue weighted by Crippen LogP contribution is -1.91. The van der Waals surface area contributed by atoms with Crippen LogP contribution in [0.25, 0.3) is 0 Å². The minimum atomic E-state index is 0.759. The van der Waals surface area contributed by atoms with Gasteiger partial charge in [-0.25, -0.2) is 0 Å². The van der Waals surface area contributed by atoms with Gasteiger partial charge in [-0.05, 0) is 28.1 Å². The summed E-state index contributed by atoms with van der Waals surface area (Å²) >= 11 is 3.39. The average molecular weight is 244 g/mol. The lowest BCUT2D eigenvalue weighted by Gasteiger charge is -2.04. The van der Waals surface area contributed by atoms with Gasteiger partial charge in [-0.2, -0.15) is 0 Å². The molecular weight excluding hydrogens is 234 g/mol. The molecule has 0 radical (unpaired) electrons. The molecule has 13 heavy (non-hydrogen) atoms. The van der Waals surface area contributed by atoms with Gasteiger partial charge in [0, 0.05) is 4.47 Å². The summed E-state index contributed by atoms with van der Waals surface area (Å²) in [5.74, 6) is 0.759. The van der Waals surface area contributed by atoms with E-state index in [1.807, 2.05) is 18.2 Å². The molecule has 3 nitrogen and oxygen atoms in total. The Morgan fingerprint density at radius 2 is 2.15 bits per heavy atom. The number of hydrogen-bond acceptors (Lipinski definition) is 3. The number of ether oxygens (including phenoxy) is 1. The molecule has 0 heterocycles. The van der Waals surface area contributed by atoms with E-state index in [-0.39, 0.29) is 0 Å². The highest BCUT2D eigenvalue weighted by Gasteiger charge is 2.03. The zero-order valence-electron chi connectivity index (χ0n) is 7.45. The van der Waals surface area contributed by atoms with Gasteiger partial charge in [-0.1, -0.05) is 11.2 Å². The molecule has 1 aromatic carbocycles. The molecule has 0 unspecified atom stereocenters. The van der Waals surface area contributed by atoms with Crippen LogP contribution in [0.2, 0.25) is 0 Å². The molecule has 0 atom stereocenters. The van der Waals surface area contributed by atoms with Gasteiger partial charge in [0.2, 0.25) is 0 Å². The number of methoxy groups -OCH3 is 1. The van der Waals surface area contributed by atoms with Gasteiger partial charge in [0.05, 0.1) is 18.9 Å². The fraction of sp³-hybridized carbons (Fsp3) is 0.222. The van der Waals surface area contributed by atoms with Gasteiger partial charge >= 0.3 is 0 Å². The summed E-state index contributed by atoms with van der Waals surface area (Å²) in [7, 11) is 3.12. The van der Waals surface area contributed by atoms with Crippen LogP contribution < -0.4 is 4.74 Å². The summed E-state index contributed by atoms with van der Waals surface area (Å²) in [5.41, 5.74) is 0.867. The number of benzene rings is 1. The van der Waals surface area contributed by atoms with Gasteiger partial charge in [-0.3, -0.25) is 0 Å². The molecule has 0 N–H and O–H groups in total. The highest BCUT2D eigenvalue weighted by atomic mass is 79.9. The van der Waals surface area contributed by atoms with Crippen molar-refractivity contribution in [2.45, 2.75) is 0 Å². The Hall–Kier alpha value is -1.03. The molecule has 0 bridgehead atoms. The summed E-state index contributed by atoms with van der Waals surface area (Å²) in [6, 6.07) is 5.67. The fourth-order valence-corrected chi connectivity index (χ4v) is 1.38. The monoisotopic (exact) mass is 243 g/mol. The van der Waals surface area contributed by atoms with Gasteiger partial charge < -0.3 is 9.57 Å². The normalized spacial score (nSPS) is 10.4. The SMILES string of the molecule is CON=Cc1c(Br)cccc1OC. The van der Waals surface area contributed by atoms with Crippen molar-refractivity contribution in [3.63, 3.8) is 0 Å². The molecule has 0 amide bonds. The van der Waals surface area contributed by atoms with Crippen LogP contribution in [0, 0.1) is 0 Å². The quantitative estimate of drug-likeness (QED) is 0.604. The lowest BCUT2D eigenvalue weighted by molar-refractivity contribution is 0.215. The summed E-state index contributed by atoms with van der Waals surface area (Å²) in [6.45, 7) is 0. The molecule has 0 fully saturated rings. The van der Waals surface area contributed by atoms with Crippen LogP contribution in [0.5, 0.6) is 5.75 Å². The number of nitrogens with zero attached hydrogens (tertiary/aromatic N) is 1. The van der Waals surface area contributed by atoms with Crippen LogP contribution in [0.15, 0.2) is 27.8 Å². The van der Waals surface area contributed by atoms with Gasteiger partial charge in [-0.15, -0.1) is 0 Å². The first kappa shape index (κ1) is 10.1. The molecule has 1 rings (SSSR count). The summed E-state index contributed by atoms with van der Waals surface area (Å²) < 4.78 is 6.07. The molecular formula is C9H10BrNO2. The molecule has 4 heteroatoms. The van der Waals surface area contributed by atoms with Crippen molar-refractivity contribution < 1.29 is 9.57 Å². The second-order valence-electron chi connectivity index (χ2n) is 2.27. The predicted molar refractivity (Wildman–Crippen MR) is 55.3 cm³/mol. The Balaban J connectivity index is 3.07. The Morgan fingerprint density at radius 3 is 2.77 bits per heavy atom. The third kappa shape index (κ3) is 2.45. The van der Waals surface area contributed by atoms with Crippen LogP contribution in [-0.4, -0.2) is 20.4 Å². The van der Waals surface area contributed by atoms with Gasteiger partial charge in [0.15, 0.2) is 0 Å². The zero-order valence-corrected chi connectivity index (χ0v) is 9.04. The molecule has 0 spiro atoms. The van der Waals surface area contributed by atoms with E-state index in [0.717, 1.165) is 15.8 Å². The first-order valence-electron chi connectivity index (χ1n) is 3.68. The minimum Gasteiger partial charge on any atom is -0.496 e. The van der Waals surface area contributed by atoms with Crippen molar-refractivity contribution in [1.82, 2.24) is 0 Å². The Labute approximate surface area is 85.5 Å². The molecule has 0 saturated heterocycles. The summed E-state index contributed by atoms with van der Waals surface area (Å²) in [4.78, 5) is 4.59. The van der Waals surface area contributed by atoms with Crippen LogP contribution in [0.1, 0.15) is 5.56 Å². The van der Waals surface area contributed by atoms with Gasteiger partial charge in [0.25, 0.3) is 0 Å². The van der Waals surface area contributed by atoms with E-state index in [1.165, 1.54) is 7.11 Å². The maximum Gasteiger partial charge on any atom is 0.128 e. The van der Waals surface area contributed by atoms with E-state index in [0.29, 0.717) is 0 Å². The van der Waals surface area contributed by atoms with E-state index in [1.54, 1.807) is 13.3 Å². The maximum atomic E-state index is 5.15.